The zero-order valence-electron chi connectivity index (χ0n) is 28.6. The van der Waals surface area contributed by atoms with E-state index in [9.17, 15) is 9.59 Å². The van der Waals surface area contributed by atoms with Crippen LogP contribution in [0.25, 0.3) is 0 Å². The standard InChI is InChI=1S/C31H60O11/c1-14-15-16-17-18-19-20-21-22-24(37-38-27(2,3)4)25(32)34-23-31(13,42-40-29(8,9)10)36-26(33)35-30(11,12)41-39-28(5,6)7/h24H,14-23H2,1-13H3. The number of rotatable bonds is 20. The van der Waals surface area contributed by atoms with Crippen LogP contribution in [0.4, 0.5) is 4.79 Å². The molecule has 0 aliphatic rings. The van der Waals surface area contributed by atoms with Gasteiger partial charge in [0.1, 0.15) is 0 Å². The first-order valence-electron chi connectivity index (χ1n) is 15.2. The maximum atomic E-state index is 13.1. The van der Waals surface area contributed by atoms with Gasteiger partial charge in [-0.25, -0.2) is 29.1 Å². The predicted molar refractivity (Wildman–Crippen MR) is 158 cm³/mol. The molecule has 11 heteroatoms. The third-order valence-corrected chi connectivity index (χ3v) is 5.06. The van der Waals surface area contributed by atoms with E-state index in [1.54, 1.807) is 41.5 Å². The Balaban J connectivity index is 5.33. The first-order valence-corrected chi connectivity index (χ1v) is 15.2. The average Bonchev–Trinajstić information content (AvgIpc) is 2.82. The number of hydrogen-bond acceptors (Lipinski definition) is 11. The highest BCUT2D eigenvalue weighted by Gasteiger charge is 2.40. The summed E-state index contributed by atoms with van der Waals surface area (Å²) >= 11 is 0. The number of ether oxygens (including phenoxy) is 3. The Morgan fingerprint density at radius 1 is 0.571 bits per heavy atom. The number of carbonyl (C=O) groups excluding carboxylic acids is 2. The molecule has 0 saturated heterocycles. The van der Waals surface area contributed by atoms with Crippen LogP contribution in [0.3, 0.4) is 0 Å². The summed E-state index contributed by atoms with van der Waals surface area (Å²) in [5.41, 5.74) is -2.03. The van der Waals surface area contributed by atoms with Crippen molar-refractivity contribution in [3.8, 4) is 0 Å². The zero-order chi connectivity index (χ0) is 32.7. The second-order valence-corrected chi connectivity index (χ2v) is 14.2. The Morgan fingerprint density at radius 3 is 1.55 bits per heavy atom. The summed E-state index contributed by atoms with van der Waals surface area (Å²) in [6, 6.07) is 0. The van der Waals surface area contributed by atoms with Gasteiger partial charge in [-0.05, 0) is 68.7 Å². The fourth-order valence-electron chi connectivity index (χ4n) is 3.09. The van der Waals surface area contributed by atoms with Crippen LogP contribution in [0.5, 0.6) is 0 Å². The molecule has 250 valence electrons. The molecule has 0 aliphatic carbocycles. The van der Waals surface area contributed by atoms with Gasteiger partial charge in [0.15, 0.2) is 12.7 Å². The Hall–Kier alpha value is -1.50. The van der Waals surface area contributed by atoms with E-state index in [4.69, 9.17) is 43.5 Å². The van der Waals surface area contributed by atoms with Crippen molar-refractivity contribution in [2.75, 3.05) is 6.61 Å². The third kappa shape index (κ3) is 23.0. The zero-order valence-corrected chi connectivity index (χ0v) is 28.6. The lowest BCUT2D eigenvalue weighted by molar-refractivity contribution is -0.460. The minimum atomic E-state index is -1.87. The average molecular weight is 609 g/mol. The van der Waals surface area contributed by atoms with Crippen molar-refractivity contribution in [1.29, 1.82) is 0 Å². The normalized spacial score (nSPS) is 15.2. The van der Waals surface area contributed by atoms with Crippen LogP contribution in [0.1, 0.15) is 148 Å². The summed E-state index contributed by atoms with van der Waals surface area (Å²) < 4.78 is 16.2. The van der Waals surface area contributed by atoms with Crippen LogP contribution < -0.4 is 0 Å². The molecule has 0 aromatic carbocycles. The SMILES string of the molecule is CCCCCCCCCCC(OOC(C)(C)C)C(=O)OCC(C)(OOC(C)(C)C)OC(=O)OC(C)(C)OOC(C)(C)C. The van der Waals surface area contributed by atoms with Gasteiger partial charge >= 0.3 is 12.1 Å². The highest BCUT2D eigenvalue weighted by Crippen LogP contribution is 2.24. The van der Waals surface area contributed by atoms with Crippen molar-refractivity contribution in [2.24, 2.45) is 0 Å². The quantitative estimate of drug-likeness (QED) is 0.0437. The van der Waals surface area contributed by atoms with Crippen molar-refractivity contribution in [3.05, 3.63) is 0 Å². The van der Waals surface area contributed by atoms with Gasteiger partial charge in [-0.3, -0.25) is 0 Å². The first-order chi connectivity index (χ1) is 19.1. The number of unbranched alkanes of at least 4 members (excludes halogenated alkanes) is 7. The highest BCUT2D eigenvalue weighted by atomic mass is 17.3. The van der Waals surface area contributed by atoms with Crippen molar-refractivity contribution < 1.29 is 53.1 Å². The van der Waals surface area contributed by atoms with Crippen LogP contribution in [0.2, 0.25) is 0 Å². The van der Waals surface area contributed by atoms with E-state index in [1.807, 2.05) is 20.8 Å². The summed E-state index contributed by atoms with van der Waals surface area (Å²) in [6.07, 6.45) is 7.17. The Labute approximate surface area is 254 Å². The van der Waals surface area contributed by atoms with Crippen molar-refractivity contribution in [3.63, 3.8) is 0 Å². The molecule has 11 nitrogen and oxygen atoms in total. The Morgan fingerprint density at radius 2 is 1.05 bits per heavy atom. The van der Waals surface area contributed by atoms with E-state index in [0.717, 1.165) is 25.7 Å². The smallest absolute Gasteiger partial charge is 0.457 e. The van der Waals surface area contributed by atoms with Gasteiger partial charge in [0, 0.05) is 20.8 Å². The first kappa shape index (κ1) is 40.5. The number of esters is 1. The van der Waals surface area contributed by atoms with Gasteiger partial charge < -0.3 is 14.2 Å². The van der Waals surface area contributed by atoms with E-state index in [0.29, 0.717) is 6.42 Å². The molecule has 2 atom stereocenters. The fourth-order valence-corrected chi connectivity index (χ4v) is 3.09. The molecule has 0 bridgehead atoms. The van der Waals surface area contributed by atoms with Crippen molar-refractivity contribution >= 4 is 12.1 Å². The molecule has 0 heterocycles. The minimum Gasteiger partial charge on any atom is -0.457 e. The van der Waals surface area contributed by atoms with Gasteiger partial charge in [0.05, 0.1) is 16.8 Å². The van der Waals surface area contributed by atoms with Gasteiger partial charge in [0.2, 0.25) is 5.79 Å². The fraction of sp³-hybridized carbons (Fsp3) is 0.935. The van der Waals surface area contributed by atoms with E-state index in [-0.39, 0.29) is 0 Å². The van der Waals surface area contributed by atoms with Gasteiger partial charge in [0.25, 0.3) is 5.79 Å². The molecule has 0 fully saturated rings. The minimum absolute atomic E-state index is 0.405. The van der Waals surface area contributed by atoms with Crippen LogP contribution in [-0.4, -0.2) is 53.2 Å². The van der Waals surface area contributed by atoms with Gasteiger partial charge in [-0.2, -0.15) is 9.78 Å². The third-order valence-electron chi connectivity index (χ3n) is 5.06. The summed E-state index contributed by atoms with van der Waals surface area (Å²) in [7, 11) is 0. The van der Waals surface area contributed by atoms with E-state index >= 15 is 0 Å². The maximum absolute atomic E-state index is 13.1. The molecule has 0 N–H and O–H groups in total. The summed E-state index contributed by atoms with van der Waals surface area (Å²) in [6.45, 7) is 22.1. The van der Waals surface area contributed by atoms with E-state index in [2.05, 4.69) is 6.92 Å². The lowest BCUT2D eigenvalue weighted by Crippen LogP contribution is -2.45. The molecule has 0 aromatic heterocycles. The second-order valence-electron chi connectivity index (χ2n) is 14.2. The second kappa shape index (κ2) is 18.3. The van der Waals surface area contributed by atoms with Crippen molar-refractivity contribution in [1.82, 2.24) is 0 Å². The van der Waals surface area contributed by atoms with Gasteiger partial charge in [-0.1, -0.05) is 58.3 Å². The Bertz CT molecular complexity index is 762. The predicted octanol–water partition coefficient (Wildman–Crippen LogP) is 8.27. The van der Waals surface area contributed by atoms with Crippen molar-refractivity contribution in [2.45, 2.75) is 182 Å². The molecule has 0 aliphatic heterocycles. The van der Waals surface area contributed by atoms with Crippen LogP contribution in [0, 0.1) is 0 Å². The lowest BCUT2D eigenvalue weighted by Gasteiger charge is -2.32. The molecular weight excluding hydrogens is 548 g/mol. The number of hydrogen-bond donors (Lipinski definition) is 0. The molecule has 2 unspecified atom stereocenters. The number of carbonyl (C=O) groups is 2. The topological polar surface area (TPSA) is 117 Å². The van der Waals surface area contributed by atoms with Crippen LogP contribution >= 0.6 is 0 Å². The molecule has 0 spiro atoms. The molecule has 0 rings (SSSR count). The lowest BCUT2D eigenvalue weighted by atomic mass is 10.1. The summed E-state index contributed by atoms with van der Waals surface area (Å²) in [5.74, 6) is -4.05. The largest absolute Gasteiger partial charge is 0.513 e. The molecule has 42 heavy (non-hydrogen) atoms. The monoisotopic (exact) mass is 608 g/mol. The van der Waals surface area contributed by atoms with E-state index in [1.165, 1.54) is 46.5 Å². The van der Waals surface area contributed by atoms with Gasteiger partial charge in [-0.15, -0.1) is 0 Å². The summed E-state index contributed by atoms with van der Waals surface area (Å²) in [4.78, 5) is 58.1. The molecule has 0 aromatic rings. The molecule has 0 saturated carbocycles. The summed E-state index contributed by atoms with van der Waals surface area (Å²) in [5, 5.41) is 0. The highest BCUT2D eigenvalue weighted by molar-refractivity contribution is 5.74. The van der Waals surface area contributed by atoms with E-state index < -0.39 is 53.2 Å². The van der Waals surface area contributed by atoms with Crippen LogP contribution in [0.15, 0.2) is 0 Å². The van der Waals surface area contributed by atoms with Crippen LogP contribution in [-0.2, 0) is 48.3 Å². The molecule has 0 amide bonds. The Kier molecular flexibility index (Phi) is 17.7. The molecular formula is C31H60O11. The maximum Gasteiger partial charge on any atom is 0.513 e. The molecule has 0 radical (unpaired) electrons.